The van der Waals surface area contributed by atoms with Crippen LogP contribution in [-0.4, -0.2) is 37.7 Å². The first kappa shape index (κ1) is 14.2. The molecule has 0 N–H and O–H groups in total. The summed E-state index contributed by atoms with van der Waals surface area (Å²) >= 11 is 0. The van der Waals surface area contributed by atoms with E-state index >= 15 is 0 Å². The Kier molecular flexibility index (Phi) is 5.08. The zero-order chi connectivity index (χ0) is 13.7. The van der Waals surface area contributed by atoms with Crippen LogP contribution in [-0.2, 0) is 6.42 Å². The molecule has 3 heteroatoms. The van der Waals surface area contributed by atoms with Crippen molar-refractivity contribution in [2.45, 2.75) is 39.2 Å². The molecule has 0 aliphatic carbocycles. The molecule has 1 aromatic rings. The average molecular weight is 263 g/mol. The summed E-state index contributed by atoms with van der Waals surface area (Å²) < 4.78 is 11.4. The monoisotopic (exact) mass is 263 g/mol. The normalized spacial score (nSPS) is 18.0. The molecule has 1 heterocycles. The fraction of sp³-hybridized carbons (Fsp3) is 0.625. The van der Waals surface area contributed by atoms with Crippen molar-refractivity contribution in [1.82, 2.24) is 4.90 Å². The standard InChI is InChI=1S/C16H25NO2/c1-4-9-17(10-5-2)13-11-14-15(18-3)7-6-8-16(14)19-12-13/h6-8,13H,4-5,9-12H2,1-3H3/t13-/m1/s1. The van der Waals surface area contributed by atoms with Crippen LogP contribution in [0.3, 0.4) is 0 Å². The zero-order valence-electron chi connectivity index (χ0n) is 12.3. The molecule has 0 bridgehead atoms. The van der Waals surface area contributed by atoms with Crippen LogP contribution >= 0.6 is 0 Å². The van der Waals surface area contributed by atoms with Crippen LogP contribution in [0.1, 0.15) is 32.3 Å². The second kappa shape index (κ2) is 6.80. The Bertz CT molecular complexity index is 385. The lowest BCUT2D eigenvalue weighted by molar-refractivity contribution is 0.118. The van der Waals surface area contributed by atoms with E-state index in [-0.39, 0.29) is 0 Å². The van der Waals surface area contributed by atoms with Crippen LogP contribution in [0.15, 0.2) is 18.2 Å². The number of hydrogen-bond donors (Lipinski definition) is 0. The Morgan fingerprint density at radius 1 is 1.26 bits per heavy atom. The number of methoxy groups -OCH3 is 1. The summed E-state index contributed by atoms with van der Waals surface area (Å²) in [6, 6.07) is 6.53. The summed E-state index contributed by atoms with van der Waals surface area (Å²) in [4.78, 5) is 2.55. The third-order valence-electron chi connectivity index (χ3n) is 3.72. The van der Waals surface area contributed by atoms with E-state index < -0.39 is 0 Å². The Balaban J connectivity index is 2.15. The Labute approximate surface area is 116 Å². The molecule has 0 saturated heterocycles. The minimum Gasteiger partial charge on any atom is -0.496 e. The smallest absolute Gasteiger partial charge is 0.126 e. The predicted octanol–water partition coefficient (Wildman–Crippen LogP) is 3.12. The minimum atomic E-state index is 0.476. The molecule has 3 nitrogen and oxygen atoms in total. The molecular weight excluding hydrogens is 238 g/mol. The average Bonchev–Trinajstić information content (AvgIpc) is 2.46. The van der Waals surface area contributed by atoms with Gasteiger partial charge < -0.3 is 9.47 Å². The van der Waals surface area contributed by atoms with Gasteiger partial charge in [0.05, 0.1) is 7.11 Å². The van der Waals surface area contributed by atoms with E-state index in [1.165, 1.54) is 18.4 Å². The first-order chi connectivity index (χ1) is 9.30. The van der Waals surface area contributed by atoms with Gasteiger partial charge in [0.1, 0.15) is 18.1 Å². The topological polar surface area (TPSA) is 21.7 Å². The molecule has 1 aromatic carbocycles. The molecule has 0 unspecified atom stereocenters. The van der Waals surface area contributed by atoms with Crippen LogP contribution in [0.4, 0.5) is 0 Å². The highest BCUT2D eigenvalue weighted by Crippen LogP contribution is 2.33. The minimum absolute atomic E-state index is 0.476. The highest BCUT2D eigenvalue weighted by Gasteiger charge is 2.26. The van der Waals surface area contributed by atoms with Gasteiger partial charge >= 0.3 is 0 Å². The number of hydrogen-bond acceptors (Lipinski definition) is 3. The van der Waals surface area contributed by atoms with Gasteiger partial charge in [0.25, 0.3) is 0 Å². The summed E-state index contributed by atoms with van der Waals surface area (Å²) in [6.45, 7) is 7.56. The van der Waals surface area contributed by atoms with Gasteiger partial charge in [-0.2, -0.15) is 0 Å². The van der Waals surface area contributed by atoms with Crippen molar-refractivity contribution in [2.75, 3.05) is 26.8 Å². The van der Waals surface area contributed by atoms with E-state index in [9.17, 15) is 0 Å². The van der Waals surface area contributed by atoms with Gasteiger partial charge in [0.15, 0.2) is 0 Å². The van der Waals surface area contributed by atoms with Gasteiger partial charge in [-0.3, -0.25) is 4.90 Å². The number of benzene rings is 1. The summed E-state index contributed by atoms with van der Waals surface area (Å²) in [5.74, 6) is 1.94. The lowest BCUT2D eigenvalue weighted by atomic mass is 10.00. The van der Waals surface area contributed by atoms with Crippen molar-refractivity contribution < 1.29 is 9.47 Å². The number of nitrogens with zero attached hydrogens (tertiary/aromatic N) is 1. The molecule has 0 spiro atoms. The molecule has 0 fully saturated rings. The summed E-state index contributed by atoms with van der Waals surface area (Å²) in [5.41, 5.74) is 1.22. The van der Waals surface area contributed by atoms with Gasteiger partial charge in [-0.1, -0.05) is 19.9 Å². The third-order valence-corrected chi connectivity index (χ3v) is 3.72. The molecule has 0 radical (unpaired) electrons. The second-order valence-electron chi connectivity index (χ2n) is 5.14. The summed E-state index contributed by atoms with van der Waals surface area (Å²) in [6.07, 6.45) is 3.41. The first-order valence-electron chi connectivity index (χ1n) is 7.32. The Morgan fingerprint density at radius 3 is 2.63 bits per heavy atom. The van der Waals surface area contributed by atoms with Crippen LogP contribution < -0.4 is 9.47 Å². The number of rotatable bonds is 6. The molecule has 0 amide bonds. The lowest BCUT2D eigenvalue weighted by Gasteiger charge is -2.35. The number of ether oxygens (including phenoxy) is 2. The SMILES string of the molecule is CCCN(CCC)[C@H]1COc2cccc(OC)c2C1. The Morgan fingerprint density at radius 2 is 2.00 bits per heavy atom. The molecule has 1 aliphatic rings. The fourth-order valence-electron chi connectivity index (χ4n) is 2.84. The molecule has 106 valence electrons. The van der Waals surface area contributed by atoms with Gasteiger partial charge in [0.2, 0.25) is 0 Å². The second-order valence-corrected chi connectivity index (χ2v) is 5.14. The van der Waals surface area contributed by atoms with E-state index in [1.54, 1.807) is 7.11 Å². The van der Waals surface area contributed by atoms with Crippen molar-refractivity contribution in [3.8, 4) is 11.5 Å². The van der Waals surface area contributed by atoms with E-state index in [0.29, 0.717) is 6.04 Å². The van der Waals surface area contributed by atoms with Crippen LogP contribution in [0.5, 0.6) is 11.5 Å². The van der Waals surface area contributed by atoms with Crippen molar-refractivity contribution in [2.24, 2.45) is 0 Å². The zero-order valence-corrected chi connectivity index (χ0v) is 12.3. The van der Waals surface area contributed by atoms with Crippen LogP contribution in [0.25, 0.3) is 0 Å². The maximum atomic E-state index is 5.93. The first-order valence-corrected chi connectivity index (χ1v) is 7.32. The van der Waals surface area contributed by atoms with E-state index in [1.807, 2.05) is 18.2 Å². The van der Waals surface area contributed by atoms with E-state index in [4.69, 9.17) is 9.47 Å². The molecule has 2 rings (SSSR count). The highest BCUT2D eigenvalue weighted by atomic mass is 16.5. The Hall–Kier alpha value is -1.22. The van der Waals surface area contributed by atoms with Gasteiger partial charge in [-0.25, -0.2) is 0 Å². The molecule has 0 aromatic heterocycles. The van der Waals surface area contributed by atoms with Gasteiger partial charge in [-0.05, 0) is 44.5 Å². The van der Waals surface area contributed by atoms with Gasteiger partial charge in [0, 0.05) is 11.6 Å². The van der Waals surface area contributed by atoms with Crippen LogP contribution in [0.2, 0.25) is 0 Å². The lowest BCUT2D eigenvalue weighted by Crippen LogP contribution is -2.44. The maximum Gasteiger partial charge on any atom is 0.126 e. The quantitative estimate of drug-likeness (QED) is 0.787. The highest BCUT2D eigenvalue weighted by molar-refractivity contribution is 5.46. The molecule has 0 saturated carbocycles. The van der Waals surface area contributed by atoms with Crippen molar-refractivity contribution in [3.05, 3.63) is 23.8 Å². The molecule has 1 atom stereocenters. The van der Waals surface area contributed by atoms with E-state index in [2.05, 4.69) is 18.7 Å². The third kappa shape index (κ3) is 3.21. The van der Waals surface area contributed by atoms with E-state index in [0.717, 1.165) is 37.6 Å². The van der Waals surface area contributed by atoms with Crippen LogP contribution in [0, 0.1) is 0 Å². The van der Waals surface area contributed by atoms with Gasteiger partial charge in [-0.15, -0.1) is 0 Å². The number of fused-ring (bicyclic) bond motifs is 1. The molecular formula is C16H25NO2. The molecule has 1 aliphatic heterocycles. The fourth-order valence-corrected chi connectivity index (χ4v) is 2.84. The summed E-state index contributed by atoms with van der Waals surface area (Å²) in [7, 11) is 1.73. The maximum absolute atomic E-state index is 5.93. The largest absolute Gasteiger partial charge is 0.496 e. The summed E-state index contributed by atoms with van der Waals surface area (Å²) in [5, 5.41) is 0. The molecule has 19 heavy (non-hydrogen) atoms. The predicted molar refractivity (Wildman–Crippen MR) is 78.1 cm³/mol. The van der Waals surface area contributed by atoms with Crippen molar-refractivity contribution >= 4 is 0 Å². The van der Waals surface area contributed by atoms with Crippen molar-refractivity contribution in [1.29, 1.82) is 0 Å². The van der Waals surface area contributed by atoms with Crippen molar-refractivity contribution in [3.63, 3.8) is 0 Å².